The smallest absolute Gasteiger partial charge is 0.0661 e. The first kappa shape index (κ1) is 15.8. The number of nitrogens with zero attached hydrogens (tertiary/aromatic N) is 1. The van der Waals surface area contributed by atoms with Gasteiger partial charge in [-0.1, -0.05) is 6.42 Å². The van der Waals surface area contributed by atoms with Crippen molar-refractivity contribution in [2.75, 3.05) is 19.7 Å². The molecule has 1 saturated heterocycles. The molecule has 0 aromatic carbocycles. The van der Waals surface area contributed by atoms with Crippen molar-refractivity contribution in [3.63, 3.8) is 0 Å². The van der Waals surface area contributed by atoms with Crippen molar-refractivity contribution in [1.82, 2.24) is 10.2 Å². The van der Waals surface area contributed by atoms with Gasteiger partial charge in [0.15, 0.2) is 0 Å². The number of likely N-dealkylation sites (tertiary alicyclic amines) is 1. The fourth-order valence-electron chi connectivity index (χ4n) is 4.67. The van der Waals surface area contributed by atoms with Gasteiger partial charge in [-0.25, -0.2) is 0 Å². The van der Waals surface area contributed by atoms with Crippen LogP contribution in [-0.4, -0.2) is 48.3 Å². The van der Waals surface area contributed by atoms with Crippen LogP contribution in [-0.2, 0) is 4.74 Å². The fraction of sp³-hybridized carbons (Fsp3) is 1.00. The molecule has 3 fully saturated rings. The van der Waals surface area contributed by atoms with Gasteiger partial charge in [0.05, 0.1) is 6.10 Å². The summed E-state index contributed by atoms with van der Waals surface area (Å²) in [6.45, 7) is 12.5. The number of rotatable bonds is 4. The Morgan fingerprint density at radius 2 is 1.86 bits per heavy atom. The van der Waals surface area contributed by atoms with E-state index < -0.39 is 0 Å². The normalized spacial score (nSPS) is 33.7. The molecule has 3 nitrogen and oxygen atoms in total. The number of nitrogens with one attached hydrogen (secondary N) is 1. The molecule has 0 aromatic heterocycles. The van der Waals surface area contributed by atoms with E-state index in [-0.39, 0.29) is 0 Å². The van der Waals surface area contributed by atoms with Gasteiger partial charge in [0.1, 0.15) is 0 Å². The fourth-order valence-corrected chi connectivity index (χ4v) is 4.67. The van der Waals surface area contributed by atoms with E-state index in [1.807, 2.05) is 0 Å². The highest BCUT2D eigenvalue weighted by molar-refractivity contribution is 5.12. The summed E-state index contributed by atoms with van der Waals surface area (Å²) in [4.78, 5) is 2.63. The predicted molar refractivity (Wildman–Crippen MR) is 87.6 cm³/mol. The summed E-state index contributed by atoms with van der Waals surface area (Å²) in [6, 6.07) is 1.46. The van der Waals surface area contributed by atoms with Crippen molar-refractivity contribution in [2.24, 2.45) is 5.41 Å². The molecule has 2 saturated carbocycles. The minimum absolute atomic E-state index is 0.330. The third-order valence-electron chi connectivity index (χ3n) is 6.32. The highest BCUT2D eigenvalue weighted by atomic mass is 16.5. The maximum Gasteiger partial charge on any atom is 0.0661 e. The number of piperidine rings is 1. The molecule has 3 aliphatic rings. The predicted octanol–water partition coefficient (Wildman–Crippen LogP) is 3.19. The molecule has 21 heavy (non-hydrogen) atoms. The zero-order chi connectivity index (χ0) is 15.1. The third-order valence-corrected chi connectivity index (χ3v) is 6.32. The van der Waals surface area contributed by atoms with E-state index in [1.165, 1.54) is 51.6 Å². The Bertz CT molecular complexity index is 351. The molecular formula is C18H34N2O. The summed E-state index contributed by atoms with van der Waals surface area (Å²) < 4.78 is 5.97. The van der Waals surface area contributed by atoms with Crippen LogP contribution in [0.5, 0.6) is 0 Å². The quantitative estimate of drug-likeness (QED) is 0.862. The van der Waals surface area contributed by atoms with Crippen molar-refractivity contribution >= 4 is 0 Å². The Morgan fingerprint density at radius 1 is 1.19 bits per heavy atom. The summed E-state index contributed by atoms with van der Waals surface area (Å²) in [5, 5.41) is 4.00. The summed E-state index contributed by atoms with van der Waals surface area (Å²) in [6.07, 6.45) is 8.58. The Hall–Kier alpha value is -0.120. The molecule has 0 radical (unpaired) electrons. The standard InChI is InChI=1S/C18H34N2O/c1-5-21-16-13-15(18(16)9-6-10-18)19-14-7-11-20(12-8-14)17(2,3)4/h14-16,19H,5-13H2,1-4H3. The molecule has 2 atom stereocenters. The Labute approximate surface area is 130 Å². The van der Waals surface area contributed by atoms with Crippen molar-refractivity contribution in [2.45, 2.75) is 89.9 Å². The van der Waals surface area contributed by atoms with Gasteiger partial charge in [-0.3, -0.25) is 4.90 Å². The van der Waals surface area contributed by atoms with Crippen LogP contribution in [0.25, 0.3) is 0 Å². The number of hydrogen-bond donors (Lipinski definition) is 1. The average molecular weight is 294 g/mol. The van der Waals surface area contributed by atoms with Gasteiger partial charge in [0.2, 0.25) is 0 Å². The van der Waals surface area contributed by atoms with Crippen LogP contribution >= 0.6 is 0 Å². The maximum absolute atomic E-state index is 5.97. The lowest BCUT2D eigenvalue weighted by molar-refractivity contribution is -0.175. The van der Waals surface area contributed by atoms with Crippen LogP contribution in [0.1, 0.15) is 66.2 Å². The van der Waals surface area contributed by atoms with Crippen LogP contribution < -0.4 is 5.32 Å². The lowest BCUT2D eigenvalue weighted by Gasteiger charge is -2.62. The van der Waals surface area contributed by atoms with Crippen molar-refractivity contribution in [1.29, 1.82) is 0 Å². The van der Waals surface area contributed by atoms with E-state index in [1.54, 1.807) is 0 Å². The molecule has 0 amide bonds. The molecule has 1 heterocycles. The highest BCUT2D eigenvalue weighted by Gasteiger charge is 2.59. The van der Waals surface area contributed by atoms with Crippen molar-refractivity contribution in [3.8, 4) is 0 Å². The van der Waals surface area contributed by atoms with Gasteiger partial charge < -0.3 is 10.1 Å². The lowest BCUT2D eigenvalue weighted by atomic mass is 9.51. The number of ether oxygens (including phenoxy) is 1. The first-order valence-corrected chi connectivity index (χ1v) is 9.08. The Balaban J connectivity index is 1.48. The van der Waals surface area contributed by atoms with Crippen LogP contribution in [0.3, 0.4) is 0 Å². The lowest BCUT2D eigenvalue weighted by Crippen LogP contribution is -2.68. The third kappa shape index (κ3) is 2.89. The Kier molecular flexibility index (Phi) is 4.37. The molecule has 2 aliphatic carbocycles. The molecule has 1 N–H and O–H groups in total. The second kappa shape index (κ2) is 5.82. The second-order valence-corrected chi connectivity index (χ2v) is 8.42. The first-order chi connectivity index (χ1) is 9.95. The minimum Gasteiger partial charge on any atom is -0.378 e. The molecule has 0 aromatic rings. The van der Waals surface area contributed by atoms with Crippen molar-refractivity contribution in [3.05, 3.63) is 0 Å². The molecule has 1 aliphatic heterocycles. The van der Waals surface area contributed by atoms with E-state index in [4.69, 9.17) is 4.74 Å². The van der Waals surface area contributed by atoms with Gasteiger partial charge in [0.25, 0.3) is 0 Å². The SMILES string of the molecule is CCOC1CC(NC2CCN(C(C)(C)C)CC2)C12CCC2. The first-order valence-electron chi connectivity index (χ1n) is 9.08. The van der Waals surface area contributed by atoms with Crippen LogP contribution in [0.4, 0.5) is 0 Å². The average Bonchev–Trinajstić information content (AvgIpc) is 2.35. The monoisotopic (exact) mass is 294 g/mol. The van der Waals surface area contributed by atoms with E-state index in [9.17, 15) is 0 Å². The molecular weight excluding hydrogens is 260 g/mol. The molecule has 0 bridgehead atoms. The second-order valence-electron chi connectivity index (χ2n) is 8.42. The maximum atomic E-state index is 5.97. The molecule has 1 spiro atoms. The molecule has 3 heteroatoms. The zero-order valence-electron chi connectivity index (χ0n) is 14.5. The topological polar surface area (TPSA) is 24.5 Å². The van der Waals surface area contributed by atoms with E-state index in [0.29, 0.717) is 17.1 Å². The molecule has 2 unspecified atom stereocenters. The van der Waals surface area contributed by atoms with Crippen molar-refractivity contribution < 1.29 is 4.74 Å². The van der Waals surface area contributed by atoms with Gasteiger partial charge in [-0.15, -0.1) is 0 Å². The molecule has 122 valence electrons. The largest absolute Gasteiger partial charge is 0.378 e. The zero-order valence-corrected chi connectivity index (χ0v) is 14.5. The Morgan fingerprint density at radius 3 is 2.33 bits per heavy atom. The molecule has 3 rings (SSSR count). The van der Waals surface area contributed by atoms with E-state index in [0.717, 1.165) is 18.7 Å². The van der Waals surface area contributed by atoms with Crippen LogP contribution in [0.15, 0.2) is 0 Å². The van der Waals surface area contributed by atoms with Gasteiger partial charge >= 0.3 is 0 Å². The van der Waals surface area contributed by atoms with Gasteiger partial charge in [-0.05, 0) is 59.8 Å². The summed E-state index contributed by atoms with van der Waals surface area (Å²) in [5.41, 5.74) is 0.841. The highest BCUT2D eigenvalue weighted by Crippen LogP contribution is 2.57. The van der Waals surface area contributed by atoms with Gasteiger partial charge in [0, 0.05) is 42.7 Å². The summed E-state index contributed by atoms with van der Waals surface area (Å²) >= 11 is 0. The van der Waals surface area contributed by atoms with E-state index >= 15 is 0 Å². The van der Waals surface area contributed by atoms with Crippen LogP contribution in [0, 0.1) is 5.41 Å². The number of hydrogen-bond acceptors (Lipinski definition) is 3. The van der Waals surface area contributed by atoms with Crippen LogP contribution in [0.2, 0.25) is 0 Å². The van der Waals surface area contributed by atoms with Gasteiger partial charge in [-0.2, -0.15) is 0 Å². The summed E-state index contributed by atoms with van der Waals surface area (Å²) in [5.74, 6) is 0. The minimum atomic E-state index is 0.330. The summed E-state index contributed by atoms with van der Waals surface area (Å²) in [7, 11) is 0. The van der Waals surface area contributed by atoms with E-state index in [2.05, 4.69) is 37.9 Å².